The Morgan fingerprint density at radius 2 is 1.74 bits per heavy atom. The number of nitrogens with one attached hydrogen (secondary N) is 2. The lowest BCUT2D eigenvalue weighted by molar-refractivity contribution is -0.139. The first-order chi connectivity index (χ1) is 17.0. The monoisotopic (exact) mass is 482 g/mol. The van der Waals surface area contributed by atoms with E-state index < -0.39 is 18.0 Å². The van der Waals surface area contributed by atoms with Gasteiger partial charge in [-0.3, -0.25) is 4.90 Å². The lowest BCUT2D eigenvalue weighted by Gasteiger charge is -2.38. The molecule has 8 nitrogen and oxygen atoms in total. The van der Waals surface area contributed by atoms with Crippen molar-refractivity contribution < 1.29 is 23.5 Å². The van der Waals surface area contributed by atoms with Crippen molar-refractivity contribution >= 4 is 17.7 Å². The van der Waals surface area contributed by atoms with Crippen molar-refractivity contribution in [3.05, 3.63) is 71.2 Å². The van der Waals surface area contributed by atoms with E-state index in [-0.39, 0.29) is 12.4 Å². The van der Waals surface area contributed by atoms with Gasteiger partial charge in [0.05, 0.1) is 30.5 Å². The number of hydrogen-bond acceptors (Lipinski definition) is 6. The predicted octanol–water partition coefficient (Wildman–Crippen LogP) is 3.22. The van der Waals surface area contributed by atoms with Crippen LogP contribution in [0.5, 0.6) is 5.75 Å². The lowest BCUT2D eigenvalue weighted by atomic mass is 9.95. The molecule has 2 amide bonds. The fraction of sp³-hybridized carbons (Fsp3) is 0.385. The number of carbonyl (C=O) groups excluding carboxylic acids is 2. The number of para-hydroxylation sites is 2. The Hall–Kier alpha value is -3.59. The largest absolute Gasteiger partial charge is 0.492 e. The Labute approximate surface area is 204 Å². The second kappa shape index (κ2) is 11.2. The highest BCUT2D eigenvalue weighted by molar-refractivity contribution is 5.95. The number of hydrogen-bond donors (Lipinski definition) is 2. The number of esters is 1. The van der Waals surface area contributed by atoms with Crippen LogP contribution in [0.1, 0.15) is 25.5 Å². The van der Waals surface area contributed by atoms with Gasteiger partial charge < -0.3 is 25.0 Å². The van der Waals surface area contributed by atoms with Crippen molar-refractivity contribution in [2.45, 2.75) is 19.9 Å². The minimum atomic E-state index is -0.724. The molecule has 0 unspecified atom stereocenters. The second-order valence-corrected chi connectivity index (χ2v) is 8.36. The van der Waals surface area contributed by atoms with Gasteiger partial charge in [0.15, 0.2) is 0 Å². The minimum absolute atomic E-state index is 0.206. The van der Waals surface area contributed by atoms with E-state index in [9.17, 15) is 14.0 Å². The van der Waals surface area contributed by atoms with Gasteiger partial charge in [-0.05, 0) is 43.7 Å². The molecule has 2 aliphatic heterocycles. The third-order valence-electron chi connectivity index (χ3n) is 6.11. The maximum atomic E-state index is 13.5. The van der Waals surface area contributed by atoms with Gasteiger partial charge in [-0.15, -0.1) is 0 Å². The van der Waals surface area contributed by atoms with Crippen molar-refractivity contribution in [2.24, 2.45) is 0 Å². The molecule has 1 atom stereocenters. The van der Waals surface area contributed by atoms with E-state index >= 15 is 0 Å². The van der Waals surface area contributed by atoms with E-state index in [1.165, 1.54) is 12.1 Å². The Balaban J connectivity index is 1.54. The summed E-state index contributed by atoms with van der Waals surface area (Å²) in [6.45, 7) is 7.94. The summed E-state index contributed by atoms with van der Waals surface area (Å²) in [7, 11) is 0. The number of nitrogens with zero attached hydrogens (tertiary/aromatic N) is 2. The standard InChI is InChI=1S/C26H31FN4O4/c1-3-34-22-8-6-5-7-21(22)31-15-13-30(14-16-31)17-20-23(25(32)35-4-2)24(29-26(33)28-20)18-9-11-19(27)12-10-18/h5-12,24H,3-4,13-17H2,1-2H3,(H2,28,29,33)/t24-/m0/s1. The van der Waals surface area contributed by atoms with Gasteiger partial charge >= 0.3 is 12.0 Å². The van der Waals surface area contributed by atoms with Crippen LogP contribution in [0.15, 0.2) is 59.8 Å². The fourth-order valence-electron chi connectivity index (χ4n) is 4.46. The summed E-state index contributed by atoms with van der Waals surface area (Å²) in [5, 5.41) is 5.60. The van der Waals surface area contributed by atoms with Gasteiger partial charge in [-0.2, -0.15) is 0 Å². The number of halogens is 1. The van der Waals surface area contributed by atoms with Gasteiger partial charge in [-0.1, -0.05) is 24.3 Å². The molecule has 2 heterocycles. The zero-order valence-electron chi connectivity index (χ0n) is 20.1. The third-order valence-corrected chi connectivity index (χ3v) is 6.11. The molecule has 2 aromatic carbocycles. The molecule has 0 spiro atoms. The maximum absolute atomic E-state index is 13.5. The summed E-state index contributed by atoms with van der Waals surface area (Å²) in [4.78, 5) is 29.9. The number of anilines is 1. The van der Waals surface area contributed by atoms with E-state index in [0.717, 1.165) is 37.6 Å². The average molecular weight is 483 g/mol. The molecule has 0 saturated carbocycles. The summed E-state index contributed by atoms with van der Waals surface area (Å²) in [6, 6.07) is 12.6. The highest BCUT2D eigenvalue weighted by Crippen LogP contribution is 2.30. The van der Waals surface area contributed by atoms with Crippen LogP contribution in [0.2, 0.25) is 0 Å². The molecule has 0 aliphatic carbocycles. The molecule has 0 bridgehead atoms. The molecule has 0 radical (unpaired) electrons. The van der Waals surface area contributed by atoms with Crippen LogP contribution in [0.3, 0.4) is 0 Å². The van der Waals surface area contributed by atoms with Gasteiger partial charge in [0.2, 0.25) is 0 Å². The minimum Gasteiger partial charge on any atom is -0.492 e. The molecule has 186 valence electrons. The van der Waals surface area contributed by atoms with Crippen molar-refractivity contribution in [3.63, 3.8) is 0 Å². The summed E-state index contributed by atoms with van der Waals surface area (Å²) in [5.74, 6) is -0.0307. The number of piperazine rings is 1. The van der Waals surface area contributed by atoms with E-state index in [4.69, 9.17) is 9.47 Å². The Kier molecular flexibility index (Phi) is 7.87. The van der Waals surface area contributed by atoms with Crippen molar-refractivity contribution in [1.82, 2.24) is 15.5 Å². The zero-order valence-corrected chi connectivity index (χ0v) is 20.1. The molecule has 2 aliphatic rings. The molecule has 2 aromatic rings. The average Bonchev–Trinajstić information content (AvgIpc) is 2.85. The first-order valence-electron chi connectivity index (χ1n) is 11.9. The molecule has 2 N–H and O–H groups in total. The topological polar surface area (TPSA) is 83.1 Å². The van der Waals surface area contributed by atoms with E-state index in [1.54, 1.807) is 19.1 Å². The second-order valence-electron chi connectivity index (χ2n) is 8.36. The number of rotatable bonds is 8. The van der Waals surface area contributed by atoms with Gasteiger partial charge in [-0.25, -0.2) is 14.0 Å². The molecule has 4 rings (SSSR count). The van der Waals surface area contributed by atoms with Gasteiger partial charge in [0, 0.05) is 38.4 Å². The molecule has 1 fully saturated rings. The normalized spacial score (nSPS) is 18.7. The fourth-order valence-corrected chi connectivity index (χ4v) is 4.46. The van der Waals surface area contributed by atoms with Crippen molar-refractivity contribution in [2.75, 3.05) is 50.8 Å². The third kappa shape index (κ3) is 5.74. The smallest absolute Gasteiger partial charge is 0.338 e. The summed E-state index contributed by atoms with van der Waals surface area (Å²) < 4.78 is 24.6. The van der Waals surface area contributed by atoms with E-state index in [2.05, 4.69) is 26.5 Å². The number of benzene rings is 2. The summed E-state index contributed by atoms with van der Waals surface area (Å²) >= 11 is 0. The Bertz CT molecular complexity index is 1080. The molecule has 0 aromatic heterocycles. The molecule has 9 heteroatoms. The molecular formula is C26H31FN4O4. The number of carbonyl (C=O) groups is 2. The van der Waals surface area contributed by atoms with E-state index in [0.29, 0.717) is 30.0 Å². The number of ether oxygens (including phenoxy) is 2. The summed E-state index contributed by atoms with van der Waals surface area (Å²) in [5.41, 5.74) is 2.51. The molecule has 1 saturated heterocycles. The van der Waals surface area contributed by atoms with Crippen molar-refractivity contribution in [3.8, 4) is 5.75 Å². The zero-order chi connectivity index (χ0) is 24.8. The van der Waals surface area contributed by atoms with Crippen molar-refractivity contribution in [1.29, 1.82) is 0 Å². The van der Waals surface area contributed by atoms with Crippen LogP contribution in [0.25, 0.3) is 0 Å². The summed E-state index contributed by atoms with van der Waals surface area (Å²) in [6.07, 6.45) is 0. The number of urea groups is 1. The van der Waals surface area contributed by atoms with Crippen LogP contribution in [-0.2, 0) is 9.53 Å². The highest BCUT2D eigenvalue weighted by atomic mass is 19.1. The van der Waals surface area contributed by atoms with Crippen LogP contribution in [-0.4, -0.2) is 62.8 Å². The highest BCUT2D eigenvalue weighted by Gasteiger charge is 2.34. The van der Waals surface area contributed by atoms with E-state index in [1.807, 2.05) is 25.1 Å². The van der Waals surface area contributed by atoms with Gasteiger partial charge in [0.25, 0.3) is 0 Å². The quantitative estimate of drug-likeness (QED) is 0.563. The van der Waals surface area contributed by atoms with Crippen LogP contribution in [0.4, 0.5) is 14.9 Å². The molecule has 35 heavy (non-hydrogen) atoms. The van der Waals surface area contributed by atoms with Crippen LogP contribution < -0.4 is 20.3 Å². The molecular weight excluding hydrogens is 451 g/mol. The Morgan fingerprint density at radius 1 is 1.03 bits per heavy atom. The maximum Gasteiger partial charge on any atom is 0.338 e. The number of amides is 2. The van der Waals surface area contributed by atoms with Crippen LogP contribution >= 0.6 is 0 Å². The van der Waals surface area contributed by atoms with Gasteiger partial charge in [0.1, 0.15) is 11.6 Å². The first kappa shape index (κ1) is 24.5. The Morgan fingerprint density at radius 3 is 2.43 bits per heavy atom. The first-order valence-corrected chi connectivity index (χ1v) is 11.9. The lowest BCUT2D eigenvalue weighted by Crippen LogP contribution is -2.51. The predicted molar refractivity (Wildman–Crippen MR) is 131 cm³/mol. The van der Waals surface area contributed by atoms with Crippen LogP contribution in [0, 0.1) is 5.82 Å². The SMILES string of the molecule is CCOC(=O)C1=C(CN2CCN(c3ccccc3OCC)CC2)NC(=O)N[C@H]1c1ccc(F)cc1.